The summed E-state index contributed by atoms with van der Waals surface area (Å²) < 4.78 is 6.22. The van der Waals surface area contributed by atoms with E-state index in [0.29, 0.717) is 12.5 Å². The molecule has 0 bridgehead atoms. The highest BCUT2D eigenvalue weighted by atomic mass is 79.9. The molecule has 0 spiro atoms. The fourth-order valence-corrected chi connectivity index (χ4v) is 2.81. The lowest BCUT2D eigenvalue weighted by Gasteiger charge is -2.24. The van der Waals surface area contributed by atoms with E-state index in [1.807, 2.05) is 24.3 Å². The summed E-state index contributed by atoms with van der Waals surface area (Å²) in [4.78, 5) is 11.4. The molecule has 0 aliphatic carbocycles. The topological polar surface area (TPSA) is 58.6 Å². The molecule has 104 valence electrons. The van der Waals surface area contributed by atoms with Crippen molar-refractivity contribution >= 4 is 21.9 Å². The standard InChI is InChI=1S/C14H18BrNO3/c15-12-6-2-1-5-11(12)13(14(17)18)16-8-10-4-3-7-19-9-10/h1-2,5-6,10,13,16H,3-4,7-9H2,(H,17,18). The lowest BCUT2D eigenvalue weighted by Crippen LogP contribution is -2.35. The second-order valence-corrected chi connectivity index (χ2v) is 5.64. The zero-order valence-corrected chi connectivity index (χ0v) is 12.2. The van der Waals surface area contributed by atoms with Gasteiger partial charge in [-0.2, -0.15) is 0 Å². The second-order valence-electron chi connectivity index (χ2n) is 4.78. The lowest BCUT2D eigenvalue weighted by atomic mass is 10.0. The Bertz CT molecular complexity index is 432. The number of aliphatic carboxylic acids is 1. The highest BCUT2D eigenvalue weighted by Gasteiger charge is 2.23. The van der Waals surface area contributed by atoms with Crippen LogP contribution in [0.2, 0.25) is 0 Å². The van der Waals surface area contributed by atoms with Gasteiger partial charge in [-0.25, -0.2) is 0 Å². The molecule has 5 heteroatoms. The predicted octanol–water partition coefficient (Wildman–Crippen LogP) is 2.59. The molecule has 4 nitrogen and oxygen atoms in total. The molecule has 0 aromatic heterocycles. The maximum atomic E-state index is 11.4. The summed E-state index contributed by atoms with van der Waals surface area (Å²) >= 11 is 3.40. The first-order valence-corrected chi connectivity index (χ1v) is 7.26. The van der Waals surface area contributed by atoms with Gasteiger partial charge in [-0.3, -0.25) is 4.79 Å². The van der Waals surface area contributed by atoms with Crippen LogP contribution in [0.1, 0.15) is 24.4 Å². The molecule has 0 amide bonds. The lowest BCUT2D eigenvalue weighted by molar-refractivity contribution is -0.139. The van der Waals surface area contributed by atoms with Crippen LogP contribution in [0, 0.1) is 5.92 Å². The third-order valence-electron chi connectivity index (χ3n) is 3.33. The number of hydrogen-bond acceptors (Lipinski definition) is 3. The average Bonchev–Trinajstić information content (AvgIpc) is 2.42. The van der Waals surface area contributed by atoms with Crippen molar-refractivity contribution in [1.29, 1.82) is 0 Å². The molecule has 2 atom stereocenters. The zero-order chi connectivity index (χ0) is 13.7. The largest absolute Gasteiger partial charge is 0.480 e. The fraction of sp³-hybridized carbons (Fsp3) is 0.500. The first-order chi connectivity index (χ1) is 9.18. The number of nitrogens with one attached hydrogen (secondary N) is 1. The van der Waals surface area contributed by atoms with Gasteiger partial charge in [0, 0.05) is 17.6 Å². The fourth-order valence-electron chi connectivity index (χ4n) is 2.29. The number of benzene rings is 1. The van der Waals surface area contributed by atoms with Gasteiger partial charge in [-0.15, -0.1) is 0 Å². The molecule has 2 unspecified atom stereocenters. The summed E-state index contributed by atoms with van der Waals surface area (Å²) in [6.07, 6.45) is 2.15. The molecule has 1 saturated heterocycles. The predicted molar refractivity (Wildman–Crippen MR) is 76.1 cm³/mol. The first-order valence-electron chi connectivity index (χ1n) is 6.47. The summed E-state index contributed by atoms with van der Waals surface area (Å²) in [6, 6.07) is 6.73. The van der Waals surface area contributed by atoms with Gasteiger partial charge in [0.25, 0.3) is 0 Å². The average molecular weight is 328 g/mol. The van der Waals surface area contributed by atoms with E-state index in [1.54, 1.807) is 0 Å². The van der Waals surface area contributed by atoms with Crippen molar-refractivity contribution in [2.75, 3.05) is 19.8 Å². The molecule has 1 aliphatic rings. The van der Waals surface area contributed by atoms with E-state index in [1.165, 1.54) is 0 Å². The quantitative estimate of drug-likeness (QED) is 0.872. The van der Waals surface area contributed by atoms with E-state index in [4.69, 9.17) is 4.74 Å². The maximum Gasteiger partial charge on any atom is 0.325 e. The minimum Gasteiger partial charge on any atom is -0.480 e. The summed E-state index contributed by atoms with van der Waals surface area (Å²) in [5, 5.41) is 12.5. The molecule has 1 aromatic carbocycles. The van der Waals surface area contributed by atoms with Crippen molar-refractivity contribution < 1.29 is 14.6 Å². The number of rotatable bonds is 5. The van der Waals surface area contributed by atoms with Crippen LogP contribution >= 0.6 is 15.9 Å². The maximum absolute atomic E-state index is 11.4. The number of ether oxygens (including phenoxy) is 1. The Morgan fingerprint density at radius 1 is 1.53 bits per heavy atom. The van der Waals surface area contributed by atoms with Gasteiger partial charge in [0.05, 0.1) is 6.61 Å². The molecule has 2 N–H and O–H groups in total. The van der Waals surface area contributed by atoms with Crippen LogP contribution in [0.5, 0.6) is 0 Å². The van der Waals surface area contributed by atoms with Crippen LogP contribution in [0.3, 0.4) is 0 Å². The Kier molecular flexibility index (Phi) is 5.36. The Hall–Kier alpha value is -0.910. The van der Waals surface area contributed by atoms with Crippen LogP contribution < -0.4 is 5.32 Å². The van der Waals surface area contributed by atoms with Crippen LogP contribution in [0.15, 0.2) is 28.7 Å². The first kappa shape index (κ1) is 14.5. The van der Waals surface area contributed by atoms with Gasteiger partial charge >= 0.3 is 5.97 Å². The molecule has 1 aliphatic heterocycles. The molecule has 1 heterocycles. The number of carbonyl (C=O) groups is 1. The van der Waals surface area contributed by atoms with Crippen LogP contribution in [0.25, 0.3) is 0 Å². The highest BCUT2D eigenvalue weighted by molar-refractivity contribution is 9.10. The molecule has 0 radical (unpaired) electrons. The summed E-state index contributed by atoms with van der Waals surface area (Å²) in [6.45, 7) is 2.21. The van der Waals surface area contributed by atoms with Crippen LogP contribution in [-0.2, 0) is 9.53 Å². The van der Waals surface area contributed by atoms with Gasteiger partial charge in [0.1, 0.15) is 6.04 Å². The summed E-state index contributed by atoms with van der Waals surface area (Å²) in [5.74, 6) is -0.457. The molecule has 0 saturated carbocycles. The van der Waals surface area contributed by atoms with E-state index in [2.05, 4.69) is 21.2 Å². The Labute approximate surface area is 121 Å². The third-order valence-corrected chi connectivity index (χ3v) is 4.05. The summed E-state index contributed by atoms with van der Waals surface area (Å²) in [5.41, 5.74) is 0.756. The molecular weight excluding hydrogens is 310 g/mol. The van der Waals surface area contributed by atoms with Gasteiger partial charge < -0.3 is 15.2 Å². The molecule has 2 rings (SSSR count). The number of hydrogen-bond donors (Lipinski definition) is 2. The van der Waals surface area contributed by atoms with Crippen molar-refractivity contribution in [3.8, 4) is 0 Å². The van der Waals surface area contributed by atoms with E-state index in [-0.39, 0.29) is 0 Å². The van der Waals surface area contributed by atoms with E-state index in [0.717, 1.165) is 36.1 Å². The van der Waals surface area contributed by atoms with Gasteiger partial charge in [0.2, 0.25) is 0 Å². The molecule has 1 aromatic rings. The zero-order valence-electron chi connectivity index (χ0n) is 10.6. The van der Waals surface area contributed by atoms with Crippen molar-refractivity contribution in [3.05, 3.63) is 34.3 Å². The second kappa shape index (κ2) is 7.03. The van der Waals surface area contributed by atoms with E-state index >= 15 is 0 Å². The third kappa shape index (κ3) is 4.03. The normalized spacial score (nSPS) is 21.0. The van der Waals surface area contributed by atoms with Gasteiger partial charge in [0.15, 0.2) is 0 Å². The van der Waals surface area contributed by atoms with Gasteiger partial charge in [-0.1, -0.05) is 34.1 Å². The molecule has 19 heavy (non-hydrogen) atoms. The van der Waals surface area contributed by atoms with Crippen molar-refractivity contribution in [2.45, 2.75) is 18.9 Å². The summed E-state index contributed by atoms with van der Waals surface area (Å²) in [7, 11) is 0. The van der Waals surface area contributed by atoms with Crippen LogP contribution in [-0.4, -0.2) is 30.8 Å². The minimum atomic E-state index is -0.858. The Morgan fingerprint density at radius 3 is 2.95 bits per heavy atom. The van der Waals surface area contributed by atoms with Crippen molar-refractivity contribution in [2.24, 2.45) is 5.92 Å². The Balaban J connectivity index is 2.00. The molecular formula is C14H18BrNO3. The SMILES string of the molecule is O=C(O)C(NCC1CCCOC1)c1ccccc1Br. The van der Waals surface area contributed by atoms with E-state index < -0.39 is 12.0 Å². The highest BCUT2D eigenvalue weighted by Crippen LogP contribution is 2.24. The number of carboxylic acids is 1. The number of halogens is 1. The van der Waals surface area contributed by atoms with Crippen molar-refractivity contribution in [3.63, 3.8) is 0 Å². The molecule has 1 fully saturated rings. The number of carboxylic acid groups (broad SMARTS) is 1. The Morgan fingerprint density at radius 2 is 2.32 bits per heavy atom. The minimum absolute atomic E-state index is 0.401. The smallest absolute Gasteiger partial charge is 0.325 e. The van der Waals surface area contributed by atoms with Crippen LogP contribution in [0.4, 0.5) is 0 Å². The van der Waals surface area contributed by atoms with Crippen molar-refractivity contribution in [1.82, 2.24) is 5.32 Å². The monoisotopic (exact) mass is 327 g/mol. The van der Waals surface area contributed by atoms with E-state index in [9.17, 15) is 9.90 Å². The van der Waals surface area contributed by atoms with Gasteiger partial charge in [-0.05, 0) is 30.4 Å².